The average molecular weight is 326 g/mol. The highest BCUT2D eigenvalue weighted by atomic mass is 16.4. The van der Waals surface area contributed by atoms with E-state index in [4.69, 9.17) is 5.11 Å². The fourth-order valence-electron chi connectivity index (χ4n) is 3.25. The van der Waals surface area contributed by atoms with Crippen LogP contribution < -0.4 is 0 Å². The molecule has 0 aliphatic heterocycles. The van der Waals surface area contributed by atoms with Crippen LogP contribution in [0.1, 0.15) is 64.7 Å². The summed E-state index contributed by atoms with van der Waals surface area (Å²) in [6.45, 7) is 1.95. The molecular weight excluding hydrogens is 296 g/mol. The molecule has 0 amide bonds. The molecule has 0 unspecified atom stereocenters. The number of Topliss-reactive ketones (excluding diaryl/α,β-unsaturated/α-hetero) is 1. The van der Waals surface area contributed by atoms with Crippen molar-refractivity contribution in [1.29, 1.82) is 0 Å². The van der Waals surface area contributed by atoms with Crippen LogP contribution in [0.25, 0.3) is 0 Å². The van der Waals surface area contributed by atoms with Gasteiger partial charge in [-0.15, -0.1) is 0 Å². The summed E-state index contributed by atoms with van der Waals surface area (Å²) in [5.74, 6) is -0.921. The molecule has 132 valence electrons. The number of unbranched alkanes of at least 4 members (excludes halogenated alkanes) is 4. The number of aliphatic hydroxyl groups is 2. The van der Waals surface area contributed by atoms with Gasteiger partial charge < -0.3 is 15.3 Å². The highest BCUT2D eigenvalue weighted by Gasteiger charge is 2.38. The van der Waals surface area contributed by atoms with Crippen molar-refractivity contribution in [3.63, 3.8) is 0 Å². The Kier molecular flexibility index (Phi) is 9.10. The third-order valence-electron chi connectivity index (χ3n) is 4.62. The zero-order valence-electron chi connectivity index (χ0n) is 14.0. The number of hydrogen-bond donors (Lipinski definition) is 3. The van der Waals surface area contributed by atoms with E-state index in [0.29, 0.717) is 12.8 Å². The first-order valence-electron chi connectivity index (χ1n) is 8.74. The molecule has 1 aliphatic rings. The second-order valence-corrected chi connectivity index (χ2v) is 6.48. The van der Waals surface area contributed by atoms with Crippen LogP contribution in [-0.2, 0) is 9.59 Å². The fourth-order valence-corrected chi connectivity index (χ4v) is 3.25. The minimum atomic E-state index is -0.747. The van der Waals surface area contributed by atoms with Crippen molar-refractivity contribution in [3.05, 3.63) is 12.2 Å². The predicted molar refractivity (Wildman–Crippen MR) is 88.0 cm³/mol. The van der Waals surface area contributed by atoms with Gasteiger partial charge in [-0.2, -0.15) is 0 Å². The zero-order chi connectivity index (χ0) is 17.2. The van der Waals surface area contributed by atoms with Crippen LogP contribution in [0, 0.1) is 11.8 Å². The highest BCUT2D eigenvalue weighted by Crippen LogP contribution is 2.32. The topological polar surface area (TPSA) is 94.8 Å². The molecule has 0 aromatic carbocycles. The molecule has 23 heavy (non-hydrogen) atoms. The van der Waals surface area contributed by atoms with E-state index in [0.717, 1.165) is 32.1 Å². The lowest BCUT2D eigenvalue weighted by atomic mass is 9.91. The summed E-state index contributed by atoms with van der Waals surface area (Å²) < 4.78 is 0. The lowest BCUT2D eigenvalue weighted by molar-refractivity contribution is -0.137. The lowest BCUT2D eigenvalue weighted by Crippen LogP contribution is -2.18. The van der Waals surface area contributed by atoms with Gasteiger partial charge in [0.05, 0.1) is 12.2 Å². The Morgan fingerprint density at radius 2 is 1.91 bits per heavy atom. The van der Waals surface area contributed by atoms with Crippen LogP contribution in [-0.4, -0.2) is 39.3 Å². The molecule has 0 radical (unpaired) electrons. The second kappa shape index (κ2) is 10.6. The van der Waals surface area contributed by atoms with E-state index >= 15 is 0 Å². The number of aliphatic carboxylic acids is 1. The number of carboxylic acids is 1. The van der Waals surface area contributed by atoms with E-state index in [9.17, 15) is 19.8 Å². The Hall–Kier alpha value is -1.20. The minimum Gasteiger partial charge on any atom is -0.481 e. The first kappa shape index (κ1) is 19.8. The Morgan fingerprint density at radius 3 is 2.57 bits per heavy atom. The van der Waals surface area contributed by atoms with Crippen LogP contribution in [0.3, 0.4) is 0 Å². The van der Waals surface area contributed by atoms with Crippen LogP contribution in [0.15, 0.2) is 12.2 Å². The van der Waals surface area contributed by atoms with Crippen molar-refractivity contribution < 1.29 is 24.9 Å². The normalized spacial score (nSPS) is 26.0. The molecule has 0 heterocycles. The fraction of sp³-hybridized carbons (Fsp3) is 0.778. The first-order valence-corrected chi connectivity index (χ1v) is 8.74. The summed E-state index contributed by atoms with van der Waals surface area (Å²) in [6, 6.07) is 0. The molecule has 1 saturated carbocycles. The third kappa shape index (κ3) is 7.27. The van der Waals surface area contributed by atoms with E-state index < -0.39 is 18.2 Å². The van der Waals surface area contributed by atoms with Gasteiger partial charge in [0.1, 0.15) is 5.78 Å². The Bertz CT molecular complexity index is 404. The molecule has 1 fully saturated rings. The van der Waals surface area contributed by atoms with Crippen molar-refractivity contribution >= 4 is 11.8 Å². The molecule has 0 aromatic rings. The number of carbonyl (C=O) groups is 2. The SMILES string of the molecule is CC[C@H]1C(=O)C[C@@H](O)[C@H]1/C=C/[C@@H](O)CCCCCCCC(=O)O. The molecule has 0 saturated heterocycles. The molecule has 3 N–H and O–H groups in total. The summed E-state index contributed by atoms with van der Waals surface area (Å²) >= 11 is 0. The standard InChI is InChI=1S/C18H30O5/c1-2-14-15(17(21)12-16(14)20)11-10-13(19)8-6-4-3-5-7-9-18(22)23/h10-11,13-15,17,19,21H,2-9,12H2,1H3,(H,22,23)/b11-10+/t13-,14+,15-,17+/m0/s1. The number of carboxylic acid groups (broad SMARTS) is 1. The highest BCUT2D eigenvalue weighted by molar-refractivity contribution is 5.84. The number of carbonyl (C=O) groups excluding carboxylic acids is 1. The number of ketones is 1. The van der Waals surface area contributed by atoms with Gasteiger partial charge in [-0.25, -0.2) is 0 Å². The lowest BCUT2D eigenvalue weighted by Gasteiger charge is -2.16. The van der Waals surface area contributed by atoms with E-state index in [-0.39, 0.29) is 30.5 Å². The number of hydrogen-bond acceptors (Lipinski definition) is 4. The molecule has 0 aromatic heterocycles. The molecule has 0 spiro atoms. The van der Waals surface area contributed by atoms with E-state index in [1.54, 1.807) is 12.2 Å². The summed E-state index contributed by atoms with van der Waals surface area (Å²) in [4.78, 5) is 22.1. The molecule has 1 aliphatic carbocycles. The zero-order valence-corrected chi connectivity index (χ0v) is 14.0. The Labute approximate surface area is 138 Å². The van der Waals surface area contributed by atoms with Crippen molar-refractivity contribution in [2.45, 2.75) is 76.9 Å². The van der Waals surface area contributed by atoms with Crippen molar-refractivity contribution in [2.75, 3.05) is 0 Å². The minimum absolute atomic E-state index is 0.116. The summed E-state index contributed by atoms with van der Waals surface area (Å²) in [5, 5.41) is 28.4. The third-order valence-corrected chi connectivity index (χ3v) is 4.62. The van der Waals surface area contributed by atoms with Crippen molar-refractivity contribution in [2.24, 2.45) is 11.8 Å². The molecule has 5 heteroatoms. The summed E-state index contributed by atoms with van der Waals surface area (Å²) in [5.41, 5.74) is 0. The van der Waals surface area contributed by atoms with Gasteiger partial charge in [-0.1, -0.05) is 44.8 Å². The number of aliphatic hydroxyl groups excluding tert-OH is 2. The van der Waals surface area contributed by atoms with Gasteiger partial charge in [-0.05, 0) is 19.3 Å². The monoisotopic (exact) mass is 326 g/mol. The number of rotatable bonds is 11. The van der Waals surface area contributed by atoms with E-state index in [2.05, 4.69) is 0 Å². The quantitative estimate of drug-likeness (QED) is 0.401. The van der Waals surface area contributed by atoms with Gasteiger partial charge in [0.2, 0.25) is 0 Å². The van der Waals surface area contributed by atoms with Gasteiger partial charge >= 0.3 is 5.97 Å². The second-order valence-electron chi connectivity index (χ2n) is 6.48. The Balaban J connectivity index is 2.19. The van der Waals surface area contributed by atoms with Gasteiger partial charge in [-0.3, -0.25) is 9.59 Å². The summed E-state index contributed by atoms with van der Waals surface area (Å²) in [6.07, 6.45) is 8.65. The smallest absolute Gasteiger partial charge is 0.303 e. The maximum absolute atomic E-state index is 11.7. The van der Waals surface area contributed by atoms with Crippen LogP contribution in [0.2, 0.25) is 0 Å². The average Bonchev–Trinajstić information content (AvgIpc) is 2.76. The molecule has 5 nitrogen and oxygen atoms in total. The van der Waals surface area contributed by atoms with E-state index in [1.165, 1.54) is 0 Å². The largest absolute Gasteiger partial charge is 0.481 e. The van der Waals surface area contributed by atoms with E-state index in [1.807, 2.05) is 6.92 Å². The predicted octanol–water partition coefficient (Wildman–Crippen LogP) is 2.69. The maximum atomic E-state index is 11.7. The molecule has 4 atom stereocenters. The summed E-state index contributed by atoms with van der Waals surface area (Å²) in [7, 11) is 0. The van der Waals surface area contributed by atoms with Crippen molar-refractivity contribution in [1.82, 2.24) is 0 Å². The Morgan fingerprint density at radius 1 is 1.26 bits per heavy atom. The maximum Gasteiger partial charge on any atom is 0.303 e. The molecule has 0 bridgehead atoms. The van der Waals surface area contributed by atoms with Gasteiger partial charge in [0, 0.05) is 24.7 Å². The van der Waals surface area contributed by atoms with Gasteiger partial charge in [0.15, 0.2) is 0 Å². The van der Waals surface area contributed by atoms with Gasteiger partial charge in [0.25, 0.3) is 0 Å². The molecule has 1 rings (SSSR count). The van der Waals surface area contributed by atoms with Crippen LogP contribution >= 0.6 is 0 Å². The first-order chi connectivity index (χ1) is 11.0. The van der Waals surface area contributed by atoms with Crippen molar-refractivity contribution in [3.8, 4) is 0 Å². The molecular formula is C18H30O5. The van der Waals surface area contributed by atoms with Crippen LogP contribution in [0.4, 0.5) is 0 Å². The van der Waals surface area contributed by atoms with Crippen LogP contribution in [0.5, 0.6) is 0 Å².